The fraction of sp³-hybridized carbons (Fsp3) is 0.231. The lowest BCUT2D eigenvalue weighted by Gasteiger charge is -2.20. The Hall–Kier alpha value is -2.08. The lowest BCUT2D eigenvalue weighted by atomic mass is 10.1. The minimum absolute atomic E-state index is 0.416. The highest BCUT2D eigenvalue weighted by Gasteiger charge is 2.10. The molecule has 100 valence electrons. The Labute approximate surface area is 115 Å². The van der Waals surface area contributed by atoms with E-state index in [-0.39, 0.29) is 0 Å². The van der Waals surface area contributed by atoms with Gasteiger partial charge in [-0.05, 0) is 25.1 Å². The molecule has 0 bridgehead atoms. The summed E-state index contributed by atoms with van der Waals surface area (Å²) in [6, 6.07) is 5.08. The van der Waals surface area contributed by atoms with Gasteiger partial charge in [-0.25, -0.2) is 4.98 Å². The van der Waals surface area contributed by atoms with Crippen molar-refractivity contribution in [1.82, 2.24) is 4.98 Å². The fourth-order valence-electron chi connectivity index (χ4n) is 1.86. The molecule has 19 heavy (non-hydrogen) atoms. The van der Waals surface area contributed by atoms with Crippen LogP contribution in [0.2, 0.25) is 0 Å². The number of carbonyl (C=O) groups excluding carboxylic acids is 1. The Morgan fingerprint density at radius 2 is 2.21 bits per heavy atom. The summed E-state index contributed by atoms with van der Waals surface area (Å²) >= 11 is 1.62. The molecule has 0 aliphatic rings. The van der Waals surface area contributed by atoms with E-state index in [0.717, 1.165) is 16.4 Å². The molecule has 1 amide bonds. The van der Waals surface area contributed by atoms with Crippen molar-refractivity contribution < 1.29 is 4.79 Å². The van der Waals surface area contributed by atoms with Crippen LogP contribution in [-0.4, -0.2) is 17.9 Å². The van der Waals surface area contributed by atoms with Crippen LogP contribution in [0.25, 0.3) is 0 Å². The molecule has 2 rings (SSSR count). The molecule has 0 unspecified atom stereocenters. The van der Waals surface area contributed by atoms with E-state index in [2.05, 4.69) is 4.98 Å². The number of hydrogen-bond acceptors (Lipinski definition) is 5. The maximum absolute atomic E-state index is 11.1. The maximum atomic E-state index is 11.1. The van der Waals surface area contributed by atoms with Crippen LogP contribution in [0, 0.1) is 6.92 Å². The highest BCUT2D eigenvalue weighted by Crippen LogP contribution is 2.25. The van der Waals surface area contributed by atoms with E-state index < -0.39 is 5.91 Å². The van der Waals surface area contributed by atoms with E-state index in [0.29, 0.717) is 17.8 Å². The summed E-state index contributed by atoms with van der Waals surface area (Å²) < 4.78 is 0. The molecule has 0 radical (unpaired) electrons. The first-order valence-electron chi connectivity index (χ1n) is 5.79. The van der Waals surface area contributed by atoms with Crippen LogP contribution >= 0.6 is 11.3 Å². The molecule has 0 aliphatic heterocycles. The molecular formula is C13H16N4OS. The van der Waals surface area contributed by atoms with E-state index in [1.54, 1.807) is 29.5 Å². The summed E-state index contributed by atoms with van der Waals surface area (Å²) in [5, 5.41) is 3.07. The first-order chi connectivity index (χ1) is 8.97. The molecule has 2 aromatic rings. The van der Waals surface area contributed by atoms with Crippen LogP contribution in [0.5, 0.6) is 0 Å². The molecular weight excluding hydrogens is 260 g/mol. The lowest BCUT2D eigenvalue weighted by Crippen LogP contribution is -2.19. The second kappa shape index (κ2) is 5.27. The number of aromatic nitrogens is 1. The van der Waals surface area contributed by atoms with Gasteiger partial charge in [0, 0.05) is 18.0 Å². The third kappa shape index (κ3) is 3.03. The monoisotopic (exact) mass is 276 g/mol. The molecule has 0 aliphatic carbocycles. The number of nitrogen functional groups attached to an aromatic ring is 1. The molecule has 6 heteroatoms. The van der Waals surface area contributed by atoms with Gasteiger partial charge < -0.3 is 16.4 Å². The number of rotatable bonds is 4. The van der Waals surface area contributed by atoms with Crippen molar-refractivity contribution >= 4 is 28.6 Å². The number of anilines is 2. The van der Waals surface area contributed by atoms with E-state index in [1.807, 2.05) is 24.3 Å². The zero-order valence-electron chi connectivity index (χ0n) is 10.9. The standard InChI is InChI=1S/C13H16N4OS/c1-8-16-10(7-19-8)6-17(2)12-4-3-9(13(15)18)5-11(12)14/h3-5,7H,6,14H2,1-2H3,(H2,15,18). The number of nitrogens with zero attached hydrogens (tertiary/aromatic N) is 2. The van der Waals surface area contributed by atoms with Gasteiger partial charge in [-0.15, -0.1) is 11.3 Å². The predicted octanol–water partition coefficient (Wildman–Crippen LogP) is 1.77. The van der Waals surface area contributed by atoms with Crippen LogP contribution in [0.3, 0.4) is 0 Å². The molecule has 4 N–H and O–H groups in total. The molecule has 0 spiro atoms. The van der Waals surface area contributed by atoms with Gasteiger partial charge in [0.1, 0.15) is 0 Å². The van der Waals surface area contributed by atoms with E-state index >= 15 is 0 Å². The highest BCUT2D eigenvalue weighted by atomic mass is 32.1. The van der Waals surface area contributed by atoms with E-state index in [4.69, 9.17) is 11.5 Å². The van der Waals surface area contributed by atoms with Gasteiger partial charge in [0.15, 0.2) is 0 Å². The second-order valence-electron chi connectivity index (χ2n) is 4.35. The highest BCUT2D eigenvalue weighted by molar-refractivity contribution is 7.09. The van der Waals surface area contributed by atoms with Gasteiger partial charge >= 0.3 is 0 Å². The van der Waals surface area contributed by atoms with Gasteiger partial charge in [0.2, 0.25) is 5.91 Å². The normalized spacial score (nSPS) is 10.4. The van der Waals surface area contributed by atoms with Crippen molar-refractivity contribution in [3.05, 3.63) is 39.8 Å². The van der Waals surface area contributed by atoms with Gasteiger partial charge in [-0.3, -0.25) is 4.79 Å². The summed E-state index contributed by atoms with van der Waals surface area (Å²) in [4.78, 5) is 17.5. The maximum Gasteiger partial charge on any atom is 0.248 e. The van der Waals surface area contributed by atoms with Gasteiger partial charge in [-0.1, -0.05) is 0 Å². The number of thiazole rings is 1. The average molecular weight is 276 g/mol. The van der Waals surface area contributed by atoms with Crippen molar-refractivity contribution in [3.63, 3.8) is 0 Å². The zero-order valence-corrected chi connectivity index (χ0v) is 11.7. The molecule has 0 atom stereocenters. The Morgan fingerprint density at radius 3 is 2.74 bits per heavy atom. The minimum atomic E-state index is -0.476. The third-order valence-electron chi connectivity index (χ3n) is 2.79. The molecule has 1 aromatic carbocycles. The first kappa shape index (κ1) is 13.4. The molecule has 5 nitrogen and oxygen atoms in total. The topological polar surface area (TPSA) is 85.2 Å². The third-order valence-corrected chi connectivity index (χ3v) is 3.61. The number of amides is 1. The fourth-order valence-corrected chi connectivity index (χ4v) is 2.47. The SMILES string of the molecule is Cc1nc(CN(C)c2ccc(C(N)=O)cc2N)cs1. The summed E-state index contributed by atoms with van der Waals surface area (Å²) in [5.74, 6) is -0.476. The van der Waals surface area contributed by atoms with Crippen LogP contribution in [0.15, 0.2) is 23.6 Å². The smallest absolute Gasteiger partial charge is 0.248 e. The van der Waals surface area contributed by atoms with Crippen LogP contribution < -0.4 is 16.4 Å². The van der Waals surface area contributed by atoms with Crippen molar-refractivity contribution in [1.29, 1.82) is 0 Å². The predicted molar refractivity (Wildman–Crippen MR) is 78.3 cm³/mol. The van der Waals surface area contributed by atoms with Crippen molar-refractivity contribution in [2.75, 3.05) is 17.7 Å². The first-order valence-corrected chi connectivity index (χ1v) is 6.67. The summed E-state index contributed by atoms with van der Waals surface area (Å²) in [6.07, 6.45) is 0. The van der Waals surface area contributed by atoms with Crippen molar-refractivity contribution in [2.24, 2.45) is 5.73 Å². The molecule has 0 saturated heterocycles. The summed E-state index contributed by atoms with van der Waals surface area (Å²) in [6.45, 7) is 2.65. The van der Waals surface area contributed by atoms with Gasteiger partial charge in [-0.2, -0.15) is 0 Å². The van der Waals surface area contributed by atoms with Crippen molar-refractivity contribution in [3.8, 4) is 0 Å². The molecule has 0 saturated carbocycles. The van der Waals surface area contributed by atoms with E-state index in [9.17, 15) is 4.79 Å². The number of carbonyl (C=O) groups is 1. The quantitative estimate of drug-likeness (QED) is 0.833. The van der Waals surface area contributed by atoms with Gasteiger partial charge in [0.25, 0.3) is 0 Å². The Kier molecular flexibility index (Phi) is 3.71. The number of nitrogens with two attached hydrogens (primary N) is 2. The number of aryl methyl sites for hydroxylation is 1. The summed E-state index contributed by atoms with van der Waals surface area (Å²) in [7, 11) is 1.93. The second-order valence-corrected chi connectivity index (χ2v) is 5.41. The summed E-state index contributed by atoms with van der Waals surface area (Å²) in [5.41, 5.74) is 14.0. The van der Waals surface area contributed by atoms with Gasteiger partial charge in [0.05, 0.1) is 28.6 Å². The largest absolute Gasteiger partial charge is 0.397 e. The van der Waals surface area contributed by atoms with Crippen molar-refractivity contribution in [2.45, 2.75) is 13.5 Å². The van der Waals surface area contributed by atoms with E-state index in [1.165, 1.54) is 0 Å². The number of benzene rings is 1. The Bertz CT molecular complexity index is 608. The number of primary amides is 1. The van der Waals surface area contributed by atoms with Crippen LogP contribution in [0.4, 0.5) is 11.4 Å². The molecule has 1 heterocycles. The number of hydrogen-bond donors (Lipinski definition) is 2. The minimum Gasteiger partial charge on any atom is -0.397 e. The Morgan fingerprint density at radius 1 is 1.47 bits per heavy atom. The molecule has 0 fully saturated rings. The van der Waals surface area contributed by atoms with Crippen LogP contribution in [0.1, 0.15) is 21.1 Å². The zero-order chi connectivity index (χ0) is 14.0. The van der Waals surface area contributed by atoms with Crippen LogP contribution in [-0.2, 0) is 6.54 Å². The average Bonchev–Trinajstić information content (AvgIpc) is 2.74. The lowest BCUT2D eigenvalue weighted by molar-refractivity contribution is 0.100. The molecule has 1 aromatic heterocycles. The Balaban J connectivity index is 2.19.